The molecule has 0 heterocycles. The highest BCUT2D eigenvalue weighted by Gasteiger charge is 2.30. The Bertz CT molecular complexity index is 714. The molecular weight excluding hydrogens is 338 g/mol. The Morgan fingerprint density at radius 3 is 1.92 bits per heavy atom. The van der Waals surface area contributed by atoms with Crippen LogP contribution in [0, 0.1) is 0 Å². The fraction of sp³-hybridized carbons (Fsp3) is 0.333. The molecule has 0 aliphatic heterocycles. The number of nitrogens with zero attached hydrogens (tertiary/aromatic N) is 2. The van der Waals surface area contributed by atoms with Crippen LogP contribution in [0.5, 0.6) is 0 Å². The molecule has 0 aromatic heterocycles. The minimum atomic E-state index is -1.13. The van der Waals surface area contributed by atoms with Gasteiger partial charge in [-0.25, -0.2) is 4.79 Å². The lowest BCUT2D eigenvalue weighted by molar-refractivity contribution is -0.140. The van der Waals surface area contributed by atoms with Crippen LogP contribution in [-0.4, -0.2) is 68.2 Å². The lowest BCUT2D eigenvalue weighted by Crippen LogP contribution is -2.41. The van der Waals surface area contributed by atoms with Crippen molar-refractivity contribution in [3.05, 3.63) is 47.3 Å². The van der Waals surface area contributed by atoms with Gasteiger partial charge in [-0.05, 0) is 6.92 Å². The Morgan fingerprint density at radius 1 is 0.923 bits per heavy atom. The van der Waals surface area contributed by atoms with Crippen LogP contribution in [0.25, 0.3) is 0 Å². The van der Waals surface area contributed by atoms with E-state index in [9.17, 15) is 19.2 Å². The van der Waals surface area contributed by atoms with Crippen molar-refractivity contribution in [3.63, 3.8) is 0 Å². The molecule has 26 heavy (non-hydrogen) atoms. The standard InChI is InChI=1S/C18H23N3O5/c1-6-26-18(25)13(17(20(2)3)21(4)5)15(23)19-16(24)14(22)12-10-8-7-9-11-12/h7-11H,6H2,1-5H3,(H,19,23,24). The van der Waals surface area contributed by atoms with Crippen LogP contribution in [0.1, 0.15) is 17.3 Å². The molecule has 0 aliphatic rings. The second kappa shape index (κ2) is 9.36. The predicted molar refractivity (Wildman–Crippen MR) is 95.0 cm³/mol. The van der Waals surface area contributed by atoms with Crippen molar-refractivity contribution in [2.75, 3.05) is 34.8 Å². The van der Waals surface area contributed by atoms with Gasteiger partial charge in [0.1, 0.15) is 5.82 Å². The van der Waals surface area contributed by atoms with Crippen LogP contribution in [0.15, 0.2) is 41.7 Å². The number of rotatable bonds is 7. The maximum absolute atomic E-state index is 12.6. The first-order valence-corrected chi connectivity index (χ1v) is 7.91. The molecule has 140 valence electrons. The van der Waals surface area contributed by atoms with Crippen molar-refractivity contribution in [1.82, 2.24) is 15.1 Å². The number of hydrogen-bond acceptors (Lipinski definition) is 7. The molecule has 0 unspecified atom stereocenters. The molecule has 1 aromatic carbocycles. The smallest absolute Gasteiger partial charge is 0.347 e. The molecule has 0 spiro atoms. The van der Waals surface area contributed by atoms with Gasteiger partial charge in [0.15, 0.2) is 5.57 Å². The summed E-state index contributed by atoms with van der Waals surface area (Å²) >= 11 is 0. The van der Waals surface area contributed by atoms with E-state index in [1.807, 2.05) is 5.32 Å². The summed E-state index contributed by atoms with van der Waals surface area (Å²) in [6, 6.07) is 7.81. The van der Waals surface area contributed by atoms with Crippen molar-refractivity contribution in [1.29, 1.82) is 0 Å². The van der Waals surface area contributed by atoms with Gasteiger partial charge in [-0.15, -0.1) is 0 Å². The zero-order chi connectivity index (χ0) is 19.9. The Hall–Kier alpha value is -3.16. The summed E-state index contributed by atoms with van der Waals surface area (Å²) in [5.41, 5.74) is -0.226. The number of ketones is 1. The number of carbonyl (C=O) groups excluding carboxylic acids is 4. The number of hydrogen-bond donors (Lipinski definition) is 1. The molecule has 1 rings (SSSR count). The largest absolute Gasteiger partial charge is 0.462 e. The number of esters is 1. The highest BCUT2D eigenvalue weighted by Crippen LogP contribution is 2.13. The van der Waals surface area contributed by atoms with Crippen molar-refractivity contribution < 1.29 is 23.9 Å². The number of Topliss-reactive ketones (excluding diaryl/α,β-unsaturated/α-hetero) is 1. The van der Waals surface area contributed by atoms with E-state index in [-0.39, 0.29) is 23.6 Å². The van der Waals surface area contributed by atoms with Gasteiger partial charge in [0.2, 0.25) is 0 Å². The fourth-order valence-corrected chi connectivity index (χ4v) is 2.28. The monoisotopic (exact) mass is 361 g/mol. The zero-order valence-corrected chi connectivity index (χ0v) is 15.5. The van der Waals surface area contributed by atoms with Gasteiger partial charge in [-0.1, -0.05) is 30.3 Å². The van der Waals surface area contributed by atoms with Crippen LogP contribution in [0.3, 0.4) is 0 Å². The third-order valence-electron chi connectivity index (χ3n) is 3.25. The van der Waals surface area contributed by atoms with Crippen LogP contribution in [0.2, 0.25) is 0 Å². The molecular formula is C18H23N3O5. The first kappa shape index (κ1) is 20.9. The SMILES string of the molecule is CCOC(=O)C(C(=O)NC(=O)C(=O)c1ccccc1)=C(N(C)C)N(C)C. The van der Waals surface area contributed by atoms with Crippen LogP contribution >= 0.6 is 0 Å². The van der Waals surface area contributed by atoms with E-state index in [0.717, 1.165) is 0 Å². The molecule has 8 nitrogen and oxygen atoms in total. The summed E-state index contributed by atoms with van der Waals surface area (Å²) in [5.74, 6) is -3.66. The Labute approximate surface area is 152 Å². The number of ether oxygens (including phenoxy) is 1. The third kappa shape index (κ3) is 5.17. The zero-order valence-electron chi connectivity index (χ0n) is 15.5. The molecule has 0 radical (unpaired) electrons. The molecule has 2 amide bonds. The first-order valence-electron chi connectivity index (χ1n) is 7.91. The van der Waals surface area contributed by atoms with Crippen molar-refractivity contribution in [2.24, 2.45) is 0 Å². The predicted octanol–water partition coefficient (Wildman–Crippen LogP) is 0.410. The van der Waals surface area contributed by atoms with Crippen LogP contribution < -0.4 is 5.32 Å². The average Bonchev–Trinajstić information content (AvgIpc) is 2.58. The van der Waals surface area contributed by atoms with Gasteiger partial charge < -0.3 is 14.5 Å². The molecule has 0 atom stereocenters. The highest BCUT2D eigenvalue weighted by atomic mass is 16.5. The number of carbonyl (C=O) groups is 4. The van der Waals surface area contributed by atoms with Crippen molar-refractivity contribution in [2.45, 2.75) is 6.92 Å². The lowest BCUT2D eigenvalue weighted by Gasteiger charge is -2.26. The average molecular weight is 361 g/mol. The lowest BCUT2D eigenvalue weighted by atomic mass is 10.1. The van der Waals surface area contributed by atoms with E-state index in [2.05, 4.69) is 0 Å². The topological polar surface area (TPSA) is 96.0 Å². The molecule has 0 fully saturated rings. The van der Waals surface area contributed by atoms with Gasteiger partial charge in [-0.3, -0.25) is 19.7 Å². The second-order valence-corrected chi connectivity index (χ2v) is 5.69. The minimum Gasteiger partial charge on any atom is -0.462 e. The molecule has 0 aliphatic carbocycles. The Morgan fingerprint density at radius 2 is 1.46 bits per heavy atom. The summed E-state index contributed by atoms with van der Waals surface area (Å²) in [6.07, 6.45) is 0. The number of amides is 2. The molecule has 0 saturated carbocycles. The van der Waals surface area contributed by atoms with Crippen LogP contribution in [0.4, 0.5) is 0 Å². The molecule has 8 heteroatoms. The van der Waals surface area contributed by atoms with Gasteiger partial charge in [0, 0.05) is 33.8 Å². The molecule has 0 bridgehead atoms. The van der Waals surface area contributed by atoms with E-state index >= 15 is 0 Å². The number of benzene rings is 1. The number of imide groups is 1. The van der Waals surface area contributed by atoms with E-state index in [1.54, 1.807) is 53.3 Å². The second-order valence-electron chi connectivity index (χ2n) is 5.69. The van der Waals surface area contributed by atoms with Crippen molar-refractivity contribution >= 4 is 23.6 Å². The van der Waals surface area contributed by atoms with Gasteiger partial charge in [-0.2, -0.15) is 0 Å². The van der Waals surface area contributed by atoms with Gasteiger partial charge in [0.05, 0.1) is 6.61 Å². The van der Waals surface area contributed by atoms with Crippen LogP contribution in [-0.2, 0) is 19.1 Å². The van der Waals surface area contributed by atoms with Crippen molar-refractivity contribution in [3.8, 4) is 0 Å². The summed E-state index contributed by atoms with van der Waals surface area (Å²) in [5, 5.41) is 1.97. The highest BCUT2D eigenvalue weighted by molar-refractivity contribution is 6.46. The van der Waals surface area contributed by atoms with Gasteiger partial charge >= 0.3 is 5.97 Å². The third-order valence-corrected chi connectivity index (χ3v) is 3.25. The fourth-order valence-electron chi connectivity index (χ4n) is 2.28. The molecule has 1 aromatic rings. The normalized spacial score (nSPS) is 9.73. The summed E-state index contributed by atoms with van der Waals surface area (Å²) < 4.78 is 4.93. The summed E-state index contributed by atoms with van der Waals surface area (Å²) in [4.78, 5) is 52.1. The summed E-state index contributed by atoms with van der Waals surface area (Å²) in [6.45, 7) is 1.66. The maximum Gasteiger partial charge on any atom is 0.347 e. The maximum atomic E-state index is 12.6. The molecule has 0 saturated heterocycles. The van der Waals surface area contributed by atoms with E-state index in [4.69, 9.17) is 4.74 Å². The van der Waals surface area contributed by atoms with E-state index < -0.39 is 23.6 Å². The quantitative estimate of drug-likeness (QED) is 0.188. The minimum absolute atomic E-state index is 0.0562. The van der Waals surface area contributed by atoms with Gasteiger partial charge in [0.25, 0.3) is 17.6 Å². The number of nitrogens with one attached hydrogen (secondary N) is 1. The Balaban J connectivity index is 3.17. The summed E-state index contributed by atoms with van der Waals surface area (Å²) in [7, 11) is 6.55. The van der Waals surface area contributed by atoms with E-state index in [1.165, 1.54) is 21.9 Å². The Kier molecular flexibility index (Phi) is 7.52. The van der Waals surface area contributed by atoms with E-state index in [0.29, 0.717) is 0 Å². The molecule has 1 N–H and O–H groups in total. The first-order chi connectivity index (χ1) is 12.2.